The zero-order chi connectivity index (χ0) is 57.3. The number of benzene rings is 1. The maximum Gasteiger partial charge on any atom is 0.243 e. The van der Waals surface area contributed by atoms with Gasteiger partial charge < -0.3 is 80.1 Å². The van der Waals surface area contributed by atoms with Crippen LogP contribution in [0.25, 0.3) is 10.9 Å². The molecule has 0 aliphatic rings. The molecule has 0 aliphatic heterocycles. The fourth-order valence-electron chi connectivity index (χ4n) is 8.59. The molecule has 0 spiro atoms. The Labute approximate surface area is 458 Å². The number of carbonyl (C=O) groups excluding carboxylic acids is 8. The largest absolute Gasteiger partial charge is 0.361 e. The fourth-order valence-corrected chi connectivity index (χ4v) is 8.59. The number of nitrogens with two attached hydrogens (primary N) is 4. The van der Waals surface area contributed by atoms with Gasteiger partial charge in [0, 0.05) is 77.4 Å². The van der Waals surface area contributed by atoms with Crippen LogP contribution >= 0.6 is 0 Å². The van der Waals surface area contributed by atoms with Gasteiger partial charge in [0.2, 0.25) is 41.4 Å². The lowest BCUT2D eigenvalue weighted by molar-refractivity contribution is -0.135. The topological polar surface area (TPSA) is 427 Å². The first-order chi connectivity index (χ1) is 37.9. The van der Waals surface area contributed by atoms with Crippen LogP contribution in [0.1, 0.15) is 101 Å². The highest BCUT2D eigenvalue weighted by Gasteiger charge is 2.35. The number of fused-ring (bicyclic) bond motifs is 1. The van der Waals surface area contributed by atoms with Crippen LogP contribution in [-0.4, -0.2) is 150 Å². The summed E-state index contributed by atoms with van der Waals surface area (Å²) in [6, 6.07) is -0.950. The molecular weight excluding hydrogens is 1020 g/mol. The summed E-state index contributed by atoms with van der Waals surface area (Å²) in [5, 5.41) is 20.2. The fraction of sp³-hybridized carbons (Fsp3) is 0.528. The van der Waals surface area contributed by atoms with Crippen molar-refractivity contribution in [1.29, 1.82) is 0 Å². The first-order valence-electron chi connectivity index (χ1n) is 26.9. The van der Waals surface area contributed by atoms with E-state index < -0.39 is 89.1 Å². The van der Waals surface area contributed by atoms with Crippen molar-refractivity contribution in [2.75, 3.05) is 26.2 Å². The van der Waals surface area contributed by atoms with Crippen molar-refractivity contribution in [1.82, 2.24) is 72.1 Å². The SMILES string of the molecule is CC(C)(C)C(=O)CNC(=O)[C@H](Cc1cnc[nH]1)NC(=O)[C@H](CCCCN)NC(=O)[C@H](Cc1cnc[nH]1)NC(=O)[C@H](CCCCN)NC(=O)[C@H](Cc1cnc[nH]1)NC(=O)[C@H](CCCCN)NC(=O)[C@@H](N)Cc1c[nH]c2ccccc12. The van der Waals surface area contributed by atoms with Gasteiger partial charge in [-0.2, -0.15) is 0 Å². The molecule has 0 radical (unpaired) electrons. The lowest BCUT2D eigenvalue weighted by Crippen LogP contribution is -2.60. The first-order valence-corrected chi connectivity index (χ1v) is 26.9. The molecule has 26 heteroatoms. The number of aromatic amines is 4. The molecule has 26 nitrogen and oxygen atoms in total. The molecule has 7 atom stereocenters. The average Bonchev–Trinajstić information content (AvgIpc) is 4.33. The Morgan fingerprint density at radius 2 is 0.873 bits per heavy atom. The molecule has 0 bridgehead atoms. The number of Topliss-reactive ketones (excluding diaryl/α,β-unsaturated/α-hetero) is 1. The number of hydrogen-bond acceptors (Lipinski definition) is 15. The zero-order valence-electron chi connectivity index (χ0n) is 45.3. The van der Waals surface area contributed by atoms with Crippen LogP contribution in [0, 0.1) is 5.41 Å². The van der Waals surface area contributed by atoms with E-state index in [1.807, 2.05) is 24.3 Å². The third kappa shape index (κ3) is 20.2. The van der Waals surface area contributed by atoms with Gasteiger partial charge in [-0.05, 0) is 95.5 Å². The van der Waals surface area contributed by atoms with Gasteiger partial charge in [-0.15, -0.1) is 0 Å². The number of unbranched alkanes of at least 4 members (excludes halogenated alkanes) is 3. The van der Waals surface area contributed by atoms with Crippen LogP contribution in [-0.2, 0) is 64.0 Å². The second-order valence-corrected chi connectivity index (χ2v) is 20.6. The summed E-state index contributed by atoms with van der Waals surface area (Å²) in [6.07, 6.45) is 13.5. The number of imidazole rings is 3. The molecule has 4 heterocycles. The molecule has 0 aliphatic carbocycles. The van der Waals surface area contributed by atoms with Crippen molar-refractivity contribution in [3.63, 3.8) is 0 Å². The van der Waals surface area contributed by atoms with Gasteiger partial charge in [0.25, 0.3) is 0 Å². The monoisotopic (exact) mass is 1100 g/mol. The minimum Gasteiger partial charge on any atom is -0.361 e. The Kier molecular flexibility index (Phi) is 24.8. The van der Waals surface area contributed by atoms with Crippen molar-refractivity contribution < 1.29 is 38.4 Å². The van der Waals surface area contributed by atoms with E-state index in [1.54, 1.807) is 27.0 Å². The van der Waals surface area contributed by atoms with E-state index in [0.717, 1.165) is 16.5 Å². The standard InChI is InChI=1S/C53H80N18O8/c1-53(2,3)45(72)28-62-47(74)42(21-33-25-58-29-63-33)69-49(76)40(15-7-10-18-55)67-52(79)44(23-35-27-60-31-65-35)71-50(77)41(16-8-11-19-56)68-51(78)43(22-34-26-59-30-64-34)70-48(75)39(14-6-9-17-54)66-46(73)37(57)20-32-24-61-38-13-5-4-12-36(32)38/h4-5,12-13,24-27,29-31,37,39-44,61H,6-11,14-23,28,54-57H2,1-3H3,(H,58,63)(H,59,64)(H,60,65)(H,62,74)(H,66,73)(H,67,79)(H,68,78)(H,69,76)(H,70,75)(H,71,77)/t37-,39-,40-,41-,42-,43-,44-/m0/s1. The van der Waals surface area contributed by atoms with Crippen LogP contribution in [0.2, 0.25) is 0 Å². The predicted octanol–water partition coefficient (Wildman–Crippen LogP) is -1.04. The van der Waals surface area contributed by atoms with Crippen LogP contribution in [0.4, 0.5) is 0 Å². The first kappa shape index (κ1) is 62.0. The number of carbonyl (C=O) groups is 8. The maximum absolute atomic E-state index is 14.6. The minimum absolute atomic E-state index is 0.0271. The smallest absolute Gasteiger partial charge is 0.243 e. The van der Waals surface area contributed by atoms with Gasteiger partial charge in [0.1, 0.15) is 36.3 Å². The van der Waals surface area contributed by atoms with E-state index in [1.165, 1.54) is 37.6 Å². The van der Waals surface area contributed by atoms with Gasteiger partial charge >= 0.3 is 0 Å². The number of para-hydroxylation sites is 1. The number of nitrogens with one attached hydrogen (secondary N) is 11. The zero-order valence-corrected chi connectivity index (χ0v) is 45.3. The van der Waals surface area contributed by atoms with E-state index >= 15 is 0 Å². The van der Waals surface area contributed by atoms with Crippen LogP contribution in [0.5, 0.6) is 0 Å². The van der Waals surface area contributed by atoms with E-state index in [9.17, 15) is 38.4 Å². The summed E-state index contributed by atoms with van der Waals surface area (Å²) < 4.78 is 0. The molecule has 79 heavy (non-hydrogen) atoms. The molecule has 4 aromatic heterocycles. The van der Waals surface area contributed by atoms with Crippen molar-refractivity contribution >= 4 is 58.0 Å². The van der Waals surface area contributed by atoms with Crippen molar-refractivity contribution in [2.45, 2.75) is 147 Å². The molecule has 7 amide bonds. The number of amides is 7. The van der Waals surface area contributed by atoms with Gasteiger partial charge in [-0.25, -0.2) is 15.0 Å². The Balaban J connectivity index is 1.35. The second-order valence-electron chi connectivity index (χ2n) is 20.6. The average molecular weight is 1100 g/mol. The number of ketones is 1. The van der Waals surface area contributed by atoms with E-state index in [-0.39, 0.29) is 63.8 Å². The highest BCUT2D eigenvalue weighted by Crippen LogP contribution is 2.19. The molecule has 0 saturated carbocycles. The van der Waals surface area contributed by atoms with Crippen molar-refractivity contribution in [2.24, 2.45) is 28.3 Å². The van der Waals surface area contributed by atoms with E-state index in [4.69, 9.17) is 22.9 Å². The molecule has 0 fully saturated rings. The van der Waals surface area contributed by atoms with Gasteiger partial charge in [-0.3, -0.25) is 38.4 Å². The van der Waals surface area contributed by atoms with Crippen LogP contribution in [0.15, 0.2) is 68.0 Å². The molecule has 5 rings (SSSR count). The number of aromatic nitrogens is 7. The summed E-state index contributed by atoms with van der Waals surface area (Å²) in [5.74, 6) is -5.15. The summed E-state index contributed by atoms with van der Waals surface area (Å²) in [4.78, 5) is 136. The molecule has 5 aromatic rings. The Bertz CT molecular complexity index is 2700. The quantitative estimate of drug-likeness (QED) is 0.0216. The summed E-state index contributed by atoms with van der Waals surface area (Å²) in [5.41, 5.74) is 26.3. The molecule has 19 N–H and O–H groups in total. The van der Waals surface area contributed by atoms with E-state index in [0.29, 0.717) is 68.7 Å². The minimum atomic E-state index is -1.36. The predicted molar refractivity (Wildman–Crippen MR) is 295 cm³/mol. The van der Waals surface area contributed by atoms with Gasteiger partial charge in [0.15, 0.2) is 5.78 Å². The molecule has 0 saturated heterocycles. The van der Waals surface area contributed by atoms with Crippen LogP contribution < -0.4 is 60.2 Å². The molecular formula is C53H80N18O8. The number of hydrogen-bond donors (Lipinski definition) is 15. The molecule has 0 unspecified atom stereocenters. The van der Waals surface area contributed by atoms with Crippen LogP contribution in [0.3, 0.4) is 0 Å². The summed E-state index contributed by atoms with van der Waals surface area (Å²) >= 11 is 0. The molecule has 430 valence electrons. The number of rotatable bonds is 35. The Hall–Kier alpha value is -7.81. The Morgan fingerprint density at radius 1 is 0.494 bits per heavy atom. The summed E-state index contributed by atoms with van der Waals surface area (Å²) in [7, 11) is 0. The third-order valence-electron chi connectivity index (χ3n) is 13.3. The highest BCUT2D eigenvalue weighted by atomic mass is 16.2. The van der Waals surface area contributed by atoms with Gasteiger partial charge in [-0.1, -0.05) is 39.0 Å². The maximum atomic E-state index is 14.6. The van der Waals surface area contributed by atoms with Crippen molar-refractivity contribution in [3.05, 3.63) is 90.7 Å². The lowest BCUT2D eigenvalue weighted by Gasteiger charge is -2.28. The van der Waals surface area contributed by atoms with Crippen molar-refractivity contribution in [3.8, 4) is 0 Å². The summed E-state index contributed by atoms with van der Waals surface area (Å²) in [6.45, 7) is 5.80. The number of H-pyrrole nitrogens is 4. The second kappa shape index (κ2) is 31.6. The third-order valence-corrected chi connectivity index (χ3v) is 13.3. The molecule has 1 aromatic carbocycles. The highest BCUT2D eigenvalue weighted by molar-refractivity contribution is 5.98. The van der Waals surface area contributed by atoms with Gasteiger partial charge in [0.05, 0.1) is 31.6 Å². The Morgan fingerprint density at radius 3 is 1.27 bits per heavy atom. The number of nitrogens with zero attached hydrogens (tertiary/aromatic N) is 3. The van der Waals surface area contributed by atoms with E-state index in [2.05, 4.69) is 72.1 Å². The normalized spacial score (nSPS) is 14.2. The lowest BCUT2D eigenvalue weighted by atomic mass is 9.91.